The first-order valence-corrected chi connectivity index (χ1v) is 7.18. The summed E-state index contributed by atoms with van der Waals surface area (Å²) in [6.45, 7) is 4.48. The molecule has 0 radical (unpaired) electrons. The number of rotatable bonds is 5. The first-order valence-electron chi connectivity index (χ1n) is 7.18. The lowest BCUT2D eigenvalue weighted by atomic mass is 10.0. The number of aliphatic hydroxyl groups excluding tert-OH is 1. The van der Waals surface area contributed by atoms with Crippen molar-refractivity contribution in [3.63, 3.8) is 0 Å². The molecular formula is C14H27NO. The summed E-state index contributed by atoms with van der Waals surface area (Å²) in [6, 6.07) is 0.654. The molecule has 2 atom stereocenters. The lowest BCUT2D eigenvalue weighted by Crippen LogP contribution is -2.37. The van der Waals surface area contributed by atoms with Gasteiger partial charge in [0.25, 0.3) is 0 Å². The zero-order valence-electron chi connectivity index (χ0n) is 10.7. The second-order valence-electron chi connectivity index (χ2n) is 5.86. The number of hydrogen-bond donors (Lipinski definition) is 1. The minimum absolute atomic E-state index is 0.133. The predicted octanol–water partition coefficient (Wildman–Crippen LogP) is 2.80. The quantitative estimate of drug-likeness (QED) is 0.777. The number of aliphatic hydroxyl groups is 1. The Hall–Kier alpha value is -0.0800. The Morgan fingerprint density at radius 2 is 2.00 bits per heavy atom. The van der Waals surface area contributed by atoms with E-state index in [0.29, 0.717) is 6.04 Å². The maximum atomic E-state index is 9.58. The summed E-state index contributed by atoms with van der Waals surface area (Å²) in [6.07, 6.45) is 10.6. The number of hydrogen-bond acceptors (Lipinski definition) is 2. The van der Waals surface area contributed by atoms with Gasteiger partial charge in [-0.3, -0.25) is 0 Å². The van der Waals surface area contributed by atoms with Crippen molar-refractivity contribution in [2.45, 2.75) is 70.4 Å². The van der Waals surface area contributed by atoms with Gasteiger partial charge in [0.15, 0.2) is 0 Å². The molecule has 1 saturated heterocycles. The van der Waals surface area contributed by atoms with Gasteiger partial charge in [0.05, 0.1) is 6.10 Å². The van der Waals surface area contributed by atoms with Crippen molar-refractivity contribution in [3.05, 3.63) is 0 Å². The van der Waals surface area contributed by atoms with Crippen LogP contribution in [0.4, 0.5) is 0 Å². The predicted molar refractivity (Wildman–Crippen MR) is 67.5 cm³/mol. The van der Waals surface area contributed by atoms with E-state index >= 15 is 0 Å². The monoisotopic (exact) mass is 225 g/mol. The highest BCUT2D eigenvalue weighted by molar-refractivity contribution is 4.80. The molecule has 2 rings (SSSR count). The minimum Gasteiger partial charge on any atom is -0.393 e. The van der Waals surface area contributed by atoms with Crippen LogP contribution in [0.25, 0.3) is 0 Å². The summed E-state index contributed by atoms with van der Waals surface area (Å²) in [5, 5.41) is 9.58. The van der Waals surface area contributed by atoms with Crippen LogP contribution in [0.2, 0.25) is 0 Å². The van der Waals surface area contributed by atoms with Crippen LogP contribution in [-0.4, -0.2) is 35.2 Å². The molecule has 94 valence electrons. The Morgan fingerprint density at radius 3 is 2.69 bits per heavy atom. The third-order valence-electron chi connectivity index (χ3n) is 4.13. The average Bonchev–Trinajstić information content (AvgIpc) is 3.02. The molecule has 1 aliphatic carbocycles. The highest BCUT2D eigenvalue weighted by Gasteiger charge is 2.26. The summed E-state index contributed by atoms with van der Waals surface area (Å²) >= 11 is 0. The summed E-state index contributed by atoms with van der Waals surface area (Å²) in [4.78, 5) is 2.66. The van der Waals surface area contributed by atoms with E-state index in [4.69, 9.17) is 0 Å². The molecule has 1 heterocycles. The van der Waals surface area contributed by atoms with Crippen molar-refractivity contribution in [3.8, 4) is 0 Å². The van der Waals surface area contributed by atoms with Gasteiger partial charge in [-0.15, -0.1) is 0 Å². The molecule has 0 amide bonds. The lowest BCUT2D eigenvalue weighted by Gasteiger charge is -2.30. The van der Waals surface area contributed by atoms with E-state index in [-0.39, 0.29) is 6.10 Å². The SMILES string of the molecule is CC(O)CC1CCCCCN1CCC1CC1. The van der Waals surface area contributed by atoms with Gasteiger partial charge >= 0.3 is 0 Å². The third-order valence-corrected chi connectivity index (χ3v) is 4.13. The molecule has 2 heteroatoms. The molecule has 1 aliphatic heterocycles. The molecular weight excluding hydrogens is 198 g/mol. The molecule has 2 aliphatic rings. The van der Waals surface area contributed by atoms with Crippen molar-refractivity contribution < 1.29 is 5.11 Å². The largest absolute Gasteiger partial charge is 0.393 e. The second kappa shape index (κ2) is 6.02. The molecule has 2 unspecified atom stereocenters. The highest BCUT2D eigenvalue weighted by atomic mass is 16.3. The van der Waals surface area contributed by atoms with Crippen molar-refractivity contribution in [1.82, 2.24) is 4.90 Å². The highest BCUT2D eigenvalue weighted by Crippen LogP contribution is 2.33. The minimum atomic E-state index is -0.133. The van der Waals surface area contributed by atoms with E-state index in [1.165, 1.54) is 58.0 Å². The van der Waals surface area contributed by atoms with Crippen LogP contribution < -0.4 is 0 Å². The van der Waals surface area contributed by atoms with Gasteiger partial charge in [-0.25, -0.2) is 0 Å². The topological polar surface area (TPSA) is 23.5 Å². The number of nitrogens with zero attached hydrogens (tertiary/aromatic N) is 1. The fourth-order valence-corrected chi connectivity index (χ4v) is 2.95. The van der Waals surface area contributed by atoms with E-state index in [1.54, 1.807) is 0 Å². The van der Waals surface area contributed by atoms with Gasteiger partial charge in [-0.2, -0.15) is 0 Å². The summed E-state index contributed by atoms with van der Waals surface area (Å²) in [7, 11) is 0. The van der Waals surface area contributed by atoms with Crippen molar-refractivity contribution >= 4 is 0 Å². The fourth-order valence-electron chi connectivity index (χ4n) is 2.95. The lowest BCUT2D eigenvalue weighted by molar-refractivity contribution is 0.111. The zero-order valence-corrected chi connectivity index (χ0v) is 10.7. The second-order valence-corrected chi connectivity index (χ2v) is 5.86. The van der Waals surface area contributed by atoms with Gasteiger partial charge in [0.1, 0.15) is 0 Å². The Balaban J connectivity index is 1.81. The van der Waals surface area contributed by atoms with Gasteiger partial charge < -0.3 is 10.0 Å². The smallest absolute Gasteiger partial charge is 0.0527 e. The molecule has 0 bridgehead atoms. The van der Waals surface area contributed by atoms with E-state index in [2.05, 4.69) is 4.90 Å². The van der Waals surface area contributed by atoms with Crippen LogP contribution in [0, 0.1) is 5.92 Å². The molecule has 1 saturated carbocycles. The van der Waals surface area contributed by atoms with E-state index in [9.17, 15) is 5.11 Å². The van der Waals surface area contributed by atoms with Crippen LogP contribution in [0.5, 0.6) is 0 Å². The standard InChI is InChI=1S/C14H27NO/c1-12(16)11-14-5-3-2-4-9-15(14)10-8-13-6-7-13/h12-14,16H,2-11H2,1H3. The molecule has 0 aromatic heterocycles. The molecule has 0 aromatic carbocycles. The molecule has 0 spiro atoms. The van der Waals surface area contributed by atoms with Crippen molar-refractivity contribution in [2.75, 3.05) is 13.1 Å². The van der Waals surface area contributed by atoms with Gasteiger partial charge in [0.2, 0.25) is 0 Å². The van der Waals surface area contributed by atoms with Crippen molar-refractivity contribution in [2.24, 2.45) is 5.92 Å². The first-order chi connectivity index (χ1) is 7.75. The van der Waals surface area contributed by atoms with Crippen molar-refractivity contribution in [1.29, 1.82) is 0 Å². The molecule has 2 fully saturated rings. The van der Waals surface area contributed by atoms with Crippen LogP contribution in [0.3, 0.4) is 0 Å². The van der Waals surface area contributed by atoms with E-state index < -0.39 is 0 Å². The molecule has 1 N–H and O–H groups in total. The first kappa shape index (κ1) is 12.4. The van der Waals surface area contributed by atoms with Crippen LogP contribution >= 0.6 is 0 Å². The third kappa shape index (κ3) is 4.06. The average molecular weight is 225 g/mol. The van der Waals surface area contributed by atoms with Gasteiger partial charge in [-0.1, -0.05) is 25.7 Å². The zero-order chi connectivity index (χ0) is 11.4. The van der Waals surface area contributed by atoms with E-state index in [1.807, 2.05) is 6.92 Å². The van der Waals surface area contributed by atoms with Gasteiger partial charge in [0, 0.05) is 6.04 Å². The summed E-state index contributed by atoms with van der Waals surface area (Å²) in [5.41, 5.74) is 0. The van der Waals surface area contributed by atoms with Crippen LogP contribution in [0.15, 0.2) is 0 Å². The Labute approximate surface area is 100 Å². The van der Waals surface area contributed by atoms with Crippen LogP contribution in [-0.2, 0) is 0 Å². The van der Waals surface area contributed by atoms with Crippen LogP contribution in [0.1, 0.15) is 58.3 Å². The normalized spacial score (nSPS) is 30.0. The Kier molecular flexibility index (Phi) is 4.66. The molecule has 0 aromatic rings. The molecule has 16 heavy (non-hydrogen) atoms. The Morgan fingerprint density at radius 1 is 1.19 bits per heavy atom. The Bertz CT molecular complexity index is 201. The van der Waals surface area contributed by atoms with E-state index in [0.717, 1.165) is 12.3 Å². The summed E-state index contributed by atoms with van der Waals surface area (Å²) < 4.78 is 0. The molecule has 2 nitrogen and oxygen atoms in total. The number of likely N-dealkylation sites (tertiary alicyclic amines) is 1. The van der Waals surface area contributed by atoms with Gasteiger partial charge in [-0.05, 0) is 51.6 Å². The maximum Gasteiger partial charge on any atom is 0.0527 e. The fraction of sp³-hybridized carbons (Fsp3) is 1.00. The maximum absolute atomic E-state index is 9.58. The summed E-state index contributed by atoms with van der Waals surface area (Å²) in [5.74, 6) is 1.04.